The molecule has 1 aromatic heterocycles. The zero-order chi connectivity index (χ0) is 15.7. The zero-order valence-corrected chi connectivity index (χ0v) is 13.9. The number of anilines is 1. The minimum atomic E-state index is 0.134. The molecule has 0 bridgehead atoms. The van der Waals surface area contributed by atoms with E-state index in [-0.39, 0.29) is 11.9 Å². The third-order valence-electron chi connectivity index (χ3n) is 5.09. The molecule has 5 nitrogen and oxygen atoms in total. The lowest BCUT2D eigenvalue weighted by molar-refractivity contribution is -0.136. The molecule has 1 aliphatic heterocycles. The summed E-state index contributed by atoms with van der Waals surface area (Å²) in [6.45, 7) is 4.42. The van der Waals surface area contributed by atoms with Crippen LogP contribution >= 0.6 is 0 Å². The summed E-state index contributed by atoms with van der Waals surface area (Å²) in [5, 5.41) is 0. The van der Waals surface area contributed by atoms with Crippen LogP contribution in [0.15, 0.2) is 6.07 Å². The third kappa shape index (κ3) is 2.94. The molecule has 0 N–H and O–H groups in total. The van der Waals surface area contributed by atoms with E-state index < -0.39 is 0 Å². The monoisotopic (exact) mass is 302 g/mol. The smallest absolute Gasteiger partial charge is 0.220 e. The molecule has 120 valence electrons. The van der Waals surface area contributed by atoms with Gasteiger partial charge in [0.2, 0.25) is 5.91 Å². The van der Waals surface area contributed by atoms with Crippen LogP contribution in [0.2, 0.25) is 0 Å². The summed E-state index contributed by atoms with van der Waals surface area (Å²) in [5.74, 6) is 1.94. The first kappa shape index (κ1) is 15.3. The van der Waals surface area contributed by atoms with Gasteiger partial charge in [-0.1, -0.05) is 19.3 Å². The molecule has 1 amide bonds. The Morgan fingerprint density at radius 3 is 2.55 bits per heavy atom. The molecule has 3 rings (SSSR count). The maximum absolute atomic E-state index is 11.6. The number of aryl methyl sites for hydroxylation is 1. The van der Waals surface area contributed by atoms with E-state index in [2.05, 4.69) is 28.0 Å². The number of hydrogen-bond acceptors (Lipinski definition) is 4. The quantitative estimate of drug-likeness (QED) is 0.861. The average Bonchev–Trinajstić information content (AvgIpc) is 2.45. The number of likely N-dealkylation sites (tertiary alicyclic amines) is 1. The molecule has 0 spiro atoms. The third-order valence-corrected chi connectivity index (χ3v) is 5.09. The first-order valence-corrected chi connectivity index (χ1v) is 8.42. The van der Waals surface area contributed by atoms with Crippen molar-refractivity contribution in [3.63, 3.8) is 0 Å². The summed E-state index contributed by atoms with van der Waals surface area (Å²) in [6.07, 6.45) is 7.48. The van der Waals surface area contributed by atoms with Crippen molar-refractivity contribution in [3.8, 4) is 0 Å². The van der Waals surface area contributed by atoms with Crippen molar-refractivity contribution in [2.75, 3.05) is 18.5 Å². The molecular weight excluding hydrogens is 276 g/mol. The average molecular weight is 302 g/mol. The van der Waals surface area contributed by atoms with Crippen LogP contribution in [0, 0.1) is 6.92 Å². The second-order valence-corrected chi connectivity index (χ2v) is 6.62. The summed E-state index contributed by atoms with van der Waals surface area (Å²) in [5.41, 5.74) is 0.992. The lowest BCUT2D eigenvalue weighted by atomic mass is 9.94. The standard InChI is InChI=1S/C17H26N4O/c1-12-18-15(16-9-10-21(16)13(2)22)11-17(19-12)20(3)14-7-5-4-6-8-14/h11,14,16H,4-10H2,1-3H3/t16-/m1/s1. The van der Waals surface area contributed by atoms with Crippen molar-refractivity contribution in [3.05, 3.63) is 17.6 Å². The number of rotatable bonds is 3. The van der Waals surface area contributed by atoms with E-state index in [1.807, 2.05) is 11.8 Å². The van der Waals surface area contributed by atoms with Crippen LogP contribution < -0.4 is 4.90 Å². The molecule has 2 fully saturated rings. The van der Waals surface area contributed by atoms with Crippen molar-refractivity contribution >= 4 is 11.7 Å². The van der Waals surface area contributed by atoms with Crippen molar-refractivity contribution in [1.82, 2.24) is 14.9 Å². The van der Waals surface area contributed by atoms with E-state index in [4.69, 9.17) is 0 Å². The minimum Gasteiger partial charge on any atom is -0.357 e. The van der Waals surface area contributed by atoms with Crippen LogP contribution in [0.25, 0.3) is 0 Å². The van der Waals surface area contributed by atoms with Crippen molar-refractivity contribution < 1.29 is 4.79 Å². The van der Waals surface area contributed by atoms with Gasteiger partial charge in [-0.15, -0.1) is 0 Å². The van der Waals surface area contributed by atoms with Crippen LogP contribution in [0.1, 0.15) is 63.0 Å². The number of aromatic nitrogens is 2. The number of amides is 1. The van der Waals surface area contributed by atoms with E-state index in [1.54, 1.807) is 6.92 Å². The van der Waals surface area contributed by atoms with Gasteiger partial charge in [0.05, 0.1) is 11.7 Å². The molecule has 0 aromatic carbocycles. The van der Waals surface area contributed by atoms with Gasteiger partial charge < -0.3 is 9.80 Å². The van der Waals surface area contributed by atoms with E-state index in [1.165, 1.54) is 32.1 Å². The Morgan fingerprint density at radius 1 is 1.23 bits per heavy atom. The van der Waals surface area contributed by atoms with Gasteiger partial charge in [-0.3, -0.25) is 4.79 Å². The topological polar surface area (TPSA) is 49.3 Å². The van der Waals surface area contributed by atoms with E-state index in [9.17, 15) is 4.79 Å². The highest BCUT2D eigenvalue weighted by molar-refractivity contribution is 5.74. The van der Waals surface area contributed by atoms with E-state index >= 15 is 0 Å². The van der Waals surface area contributed by atoms with Crippen LogP contribution in [0.4, 0.5) is 5.82 Å². The van der Waals surface area contributed by atoms with Gasteiger partial charge in [0.25, 0.3) is 0 Å². The lowest BCUT2D eigenvalue weighted by Gasteiger charge is -2.40. The van der Waals surface area contributed by atoms with E-state index in [0.29, 0.717) is 6.04 Å². The van der Waals surface area contributed by atoms with Gasteiger partial charge >= 0.3 is 0 Å². The maximum Gasteiger partial charge on any atom is 0.220 e. The minimum absolute atomic E-state index is 0.134. The van der Waals surface area contributed by atoms with Crippen molar-refractivity contribution in [1.29, 1.82) is 0 Å². The molecule has 0 unspecified atom stereocenters. The van der Waals surface area contributed by atoms with Gasteiger partial charge in [-0.05, 0) is 26.2 Å². The fourth-order valence-electron chi connectivity index (χ4n) is 3.65. The van der Waals surface area contributed by atoms with Gasteiger partial charge in [-0.25, -0.2) is 9.97 Å². The van der Waals surface area contributed by atoms with Gasteiger partial charge in [0.1, 0.15) is 11.6 Å². The zero-order valence-electron chi connectivity index (χ0n) is 13.9. The highest BCUT2D eigenvalue weighted by atomic mass is 16.2. The van der Waals surface area contributed by atoms with Crippen LogP contribution in [-0.2, 0) is 4.79 Å². The molecule has 22 heavy (non-hydrogen) atoms. The molecule has 1 aromatic rings. The molecule has 1 saturated heterocycles. The predicted octanol–water partition coefficient (Wildman–Crippen LogP) is 2.85. The fourth-order valence-corrected chi connectivity index (χ4v) is 3.65. The molecule has 0 radical (unpaired) electrons. The highest BCUT2D eigenvalue weighted by Gasteiger charge is 2.33. The summed E-state index contributed by atoms with van der Waals surface area (Å²) < 4.78 is 0. The number of nitrogens with zero attached hydrogens (tertiary/aromatic N) is 4. The maximum atomic E-state index is 11.6. The second kappa shape index (κ2) is 6.23. The Hall–Kier alpha value is -1.65. The largest absolute Gasteiger partial charge is 0.357 e. The first-order chi connectivity index (χ1) is 10.6. The molecule has 1 aliphatic carbocycles. The van der Waals surface area contributed by atoms with Crippen LogP contribution in [-0.4, -0.2) is 40.4 Å². The highest BCUT2D eigenvalue weighted by Crippen LogP contribution is 2.34. The van der Waals surface area contributed by atoms with Crippen molar-refractivity contribution in [2.24, 2.45) is 0 Å². The summed E-state index contributed by atoms with van der Waals surface area (Å²) in [7, 11) is 2.14. The van der Waals surface area contributed by atoms with E-state index in [0.717, 1.165) is 30.3 Å². The second-order valence-electron chi connectivity index (χ2n) is 6.62. The number of hydrogen-bond donors (Lipinski definition) is 0. The Kier molecular flexibility index (Phi) is 4.32. The van der Waals surface area contributed by atoms with Crippen LogP contribution in [0.3, 0.4) is 0 Å². The lowest BCUT2D eigenvalue weighted by Crippen LogP contribution is -2.44. The number of carbonyl (C=O) groups excluding carboxylic acids is 1. The molecule has 2 aliphatic rings. The van der Waals surface area contributed by atoms with Gasteiger partial charge in [-0.2, -0.15) is 0 Å². The number of carbonyl (C=O) groups is 1. The SMILES string of the molecule is CC(=O)N1CC[C@@H]1c1cc(N(C)C2CCCCC2)nc(C)n1. The normalized spacial score (nSPS) is 22.3. The van der Waals surface area contributed by atoms with Crippen LogP contribution in [0.5, 0.6) is 0 Å². The molecule has 2 heterocycles. The molecule has 5 heteroatoms. The summed E-state index contributed by atoms with van der Waals surface area (Å²) >= 11 is 0. The molecule has 1 saturated carbocycles. The Morgan fingerprint density at radius 2 is 1.95 bits per heavy atom. The fraction of sp³-hybridized carbons (Fsp3) is 0.706. The van der Waals surface area contributed by atoms with Gasteiger partial charge in [0, 0.05) is 32.6 Å². The Balaban J connectivity index is 1.82. The predicted molar refractivity (Wildman–Crippen MR) is 86.8 cm³/mol. The molecular formula is C17H26N4O. The van der Waals surface area contributed by atoms with Crippen molar-refractivity contribution in [2.45, 2.75) is 64.5 Å². The molecule has 1 atom stereocenters. The first-order valence-electron chi connectivity index (χ1n) is 8.42. The van der Waals surface area contributed by atoms with Gasteiger partial charge in [0.15, 0.2) is 0 Å². The summed E-state index contributed by atoms with van der Waals surface area (Å²) in [6, 6.07) is 2.81. The Labute approximate surface area is 132 Å². The summed E-state index contributed by atoms with van der Waals surface area (Å²) in [4.78, 5) is 25.1. The Bertz CT molecular complexity index is 554.